The van der Waals surface area contributed by atoms with Crippen molar-refractivity contribution in [2.45, 2.75) is 64.9 Å². The maximum absolute atomic E-state index is 11.6. The zero-order chi connectivity index (χ0) is 16.6. The lowest BCUT2D eigenvalue weighted by Crippen LogP contribution is -2.27. The minimum Gasteiger partial charge on any atom is -0.461 e. The molecule has 0 saturated carbocycles. The second-order valence-electron chi connectivity index (χ2n) is 5.12. The highest BCUT2D eigenvalue weighted by Crippen LogP contribution is 2.08. The highest BCUT2D eigenvalue weighted by Gasteiger charge is 2.18. The van der Waals surface area contributed by atoms with Crippen molar-refractivity contribution in [1.82, 2.24) is 0 Å². The fourth-order valence-electron chi connectivity index (χ4n) is 1.83. The number of hydrogen-bond acceptors (Lipinski definition) is 5. The van der Waals surface area contributed by atoms with Gasteiger partial charge >= 0.3 is 11.9 Å². The van der Waals surface area contributed by atoms with Gasteiger partial charge in [-0.25, -0.2) is 4.79 Å². The molecule has 130 valence electrons. The third-order valence-electron chi connectivity index (χ3n) is 3.07. The summed E-state index contributed by atoms with van der Waals surface area (Å²) in [6, 6.07) is 0. The molecular formula is C16H29ClO5. The van der Waals surface area contributed by atoms with Crippen LogP contribution in [0.1, 0.15) is 58.8 Å². The van der Waals surface area contributed by atoms with E-state index < -0.39 is 12.1 Å². The van der Waals surface area contributed by atoms with E-state index in [9.17, 15) is 9.59 Å². The Balaban J connectivity index is 3.60. The molecule has 22 heavy (non-hydrogen) atoms. The number of esters is 2. The number of alkyl halides is 1. The minimum atomic E-state index is -0.874. The van der Waals surface area contributed by atoms with Crippen LogP contribution in [0.5, 0.6) is 0 Å². The third-order valence-corrected chi connectivity index (χ3v) is 3.22. The molecule has 6 heteroatoms. The van der Waals surface area contributed by atoms with Gasteiger partial charge in [0.1, 0.15) is 6.61 Å². The number of rotatable bonds is 14. The maximum Gasteiger partial charge on any atom is 0.347 e. The Morgan fingerprint density at radius 2 is 1.68 bits per heavy atom. The van der Waals surface area contributed by atoms with Gasteiger partial charge < -0.3 is 14.2 Å². The van der Waals surface area contributed by atoms with Crippen molar-refractivity contribution in [1.29, 1.82) is 0 Å². The first-order valence-electron chi connectivity index (χ1n) is 8.11. The lowest BCUT2D eigenvalue weighted by Gasteiger charge is -2.12. The van der Waals surface area contributed by atoms with Crippen molar-refractivity contribution in [3.05, 3.63) is 0 Å². The molecule has 0 radical (unpaired) electrons. The molecule has 0 aliphatic rings. The van der Waals surface area contributed by atoms with Crippen LogP contribution in [-0.4, -0.2) is 43.7 Å². The van der Waals surface area contributed by atoms with Gasteiger partial charge in [-0.15, -0.1) is 11.6 Å². The zero-order valence-electron chi connectivity index (χ0n) is 13.8. The molecule has 0 bridgehead atoms. The molecule has 1 unspecified atom stereocenters. The second-order valence-corrected chi connectivity index (χ2v) is 5.50. The van der Waals surface area contributed by atoms with Crippen LogP contribution in [-0.2, 0) is 23.8 Å². The third kappa shape index (κ3) is 12.9. The molecule has 1 atom stereocenters. The molecular weight excluding hydrogens is 308 g/mol. The van der Waals surface area contributed by atoms with Crippen LogP contribution in [0.2, 0.25) is 0 Å². The van der Waals surface area contributed by atoms with Crippen LogP contribution >= 0.6 is 11.6 Å². The summed E-state index contributed by atoms with van der Waals surface area (Å²) in [6.45, 7) is 4.52. The van der Waals surface area contributed by atoms with Crippen molar-refractivity contribution < 1.29 is 23.8 Å². The lowest BCUT2D eigenvalue weighted by molar-refractivity contribution is -0.167. The maximum atomic E-state index is 11.6. The SMILES string of the molecule is CCCCCCCCC(=O)OC(C)C(=O)OCCOCCCl. The molecule has 0 amide bonds. The van der Waals surface area contributed by atoms with E-state index in [1.54, 1.807) is 0 Å². The summed E-state index contributed by atoms with van der Waals surface area (Å²) in [5.41, 5.74) is 0. The Hall–Kier alpha value is -0.810. The molecule has 0 aromatic carbocycles. The van der Waals surface area contributed by atoms with Gasteiger partial charge in [-0.05, 0) is 13.3 Å². The van der Waals surface area contributed by atoms with Gasteiger partial charge in [0, 0.05) is 12.3 Å². The van der Waals surface area contributed by atoms with Gasteiger partial charge in [0.2, 0.25) is 0 Å². The Kier molecular flexibility index (Phi) is 14.5. The van der Waals surface area contributed by atoms with E-state index in [0.717, 1.165) is 19.3 Å². The number of carbonyl (C=O) groups excluding carboxylic acids is 2. The number of carbonyl (C=O) groups is 2. The van der Waals surface area contributed by atoms with Crippen molar-refractivity contribution in [2.75, 3.05) is 25.7 Å². The largest absolute Gasteiger partial charge is 0.461 e. The Labute approximate surface area is 138 Å². The summed E-state index contributed by atoms with van der Waals surface area (Å²) in [7, 11) is 0. The monoisotopic (exact) mass is 336 g/mol. The van der Waals surface area contributed by atoms with Crippen LogP contribution in [0, 0.1) is 0 Å². The van der Waals surface area contributed by atoms with Crippen LogP contribution in [0.3, 0.4) is 0 Å². The molecule has 0 rings (SSSR count). The van der Waals surface area contributed by atoms with Gasteiger partial charge in [-0.3, -0.25) is 4.79 Å². The Morgan fingerprint density at radius 1 is 1.00 bits per heavy atom. The van der Waals surface area contributed by atoms with Crippen LogP contribution in [0.15, 0.2) is 0 Å². The molecule has 0 aromatic heterocycles. The van der Waals surface area contributed by atoms with Crippen molar-refractivity contribution in [3.8, 4) is 0 Å². The summed E-state index contributed by atoms with van der Waals surface area (Å²) in [5.74, 6) is -0.496. The average molecular weight is 337 g/mol. The number of hydrogen-bond donors (Lipinski definition) is 0. The van der Waals surface area contributed by atoms with E-state index >= 15 is 0 Å². The molecule has 0 aliphatic heterocycles. The summed E-state index contributed by atoms with van der Waals surface area (Å²) < 4.78 is 15.1. The standard InChI is InChI=1S/C16H29ClO5/c1-3-4-5-6-7-8-9-15(18)22-14(2)16(19)21-13-12-20-11-10-17/h14H,3-13H2,1-2H3. The molecule has 0 saturated heterocycles. The molecule has 0 spiro atoms. The van der Waals surface area contributed by atoms with Gasteiger partial charge in [-0.2, -0.15) is 0 Å². The summed E-state index contributed by atoms with van der Waals surface area (Å²) in [6.07, 6.45) is 6.09. The first-order chi connectivity index (χ1) is 10.6. The van der Waals surface area contributed by atoms with E-state index in [4.69, 9.17) is 25.8 Å². The first kappa shape index (κ1) is 21.2. The van der Waals surface area contributed by atoms with E-state index in [1.165, 1.54) is 26.2 Å². The van der Waals surface area contributed by atoms with Crippen LogP contribution < -0.4 is 0 Å². The van der Waals surface area contributed by atoms with Gasteiger partial charge in [-0.1, -0.05) is 39.0 Å². The Bertz CT molecular complexity index is 296. The van der Waals surface area contributed by atoms with Crippen molar-refractivity contribution in [2.24, 2.45) is 0 Å². The summed E-state index contributed by atoms with van der Waals surface area (Å²) in [5, 5.41) is 0. The normalized spacial score (nSPS) is 12.0. The van der Waals surface area contributed by atoms with E-state index in [-0.39, 0.29) is 19.2 Å². The highest BCUT2D eigenvalue weighted by atomic mass is 35.5. The second kappa shape index (κ2) is 15.1. The predicted octanol–water partition coefficient (Wildman–Crippen LogP) is 3.47. The molecule has 5 nitrogen and oxygen atoms in total. The summed E-state index contributed by atoms with van der Waals surface area (Å²) >= 11 is 5.44. The van der Waals surface area contributed by atoms with E-state index in [0.29, 0.717) is 18.9 Å². The number of halogens is 1. The van der Waals surface area contributed by atoms with Crippen LogP contribution in [0.25, 0.3) is 0 Å². The number of unbranched alkanes of at least 4 members (excludes halogenated alkanes) is 5. The zero-order valence-corrected chi connectivity index (χ0v) is 14.5. The highest BCUT2D eigenvalue weighted by molar-refractivity contribution is 6.17. The fraction of sp³-hybridized carbons (Fsp3) is 0.875. The van der Waals surface area contributed by atoms with Gasteiger partial charge in [0.15, 0.2) is 6.10 Å². The van der Waals surface area contributed by atoms with E-state index in [2.05, 4.69) is 6.92 Å². The number of ether oxygens (including phenoxy) is 3. The molecule has 0 N–H and O–H groups in total. The lowest BCUT2D eigenvalue weighted by atomic mass is 10.1. The van der Waals surface area contributed by atoms with Gasteiger partial charge in [0.25, 0.3) is 0 Å². The molecule has 0 aromatic rings. The van der Waals surface area contributed by atoms with Crippen LogP contribution in [0.4, 0.5) is 0 Å². The molecule has 0 heterocycles. The average Bonchev–Trinajstić information content (AvgIpc) is 2.50. The smallest absolute Gasteiger partial charge is 0.347 e. The molecule has 0 aliphatic carbocycles. The minimum absolute atomic E-state index is 0.134. The first-order valence-corrected chi connectivity index (χ1v) is 8.65. The van der Waals surface area contributed by atoms with E-state index in [1.807, 2.05) is 0 Å². The van der Waals surface area contributed by atoms with Gasteiger partial charge in [0.05, 0.1) is 13.2 Å². The fourth-order valence-corrected chi connectivity index (χ4v) is 1.94. The molecule has 0 fully saturated rings. The quantitative estimate of drug-likeness (QED) is 0.276. The topological polar surface area (TPSA) is 61.8 Å². The Morgan fingerprint density at radius 3 is 2.36 bits per heavy atom. The predicted molar refractivity (Wildman–Crippen MR) is 86.0 cm³/mol. The summed E-state index contributed by atoms with van der Waals surface area (Å²) in [4.78, 5) is 23.2. The van der Waals surface area contributed by atoms with Crippen molar-refractivity contribution >= 4 is 23.5 Å². The van der Waals surface area contributed by atoms with Crippen molar-refractivity contribution in [3.63, 3.8) is 0 Å².